The van der Waals surface area contributed by atoms with Gasteiger partial charge in [0, 0.05) is 0 Å². The van der Waals surface area contributed by atoms with Crippen molar-refractivity contribution >= 4 is 0 Å². The van der Waals surface area contributed by atoms with Gasteiger partial charge in [-0.05, 0) is 100 Å². The van der Waals surface area contributed by atoms with Crippen LogP contribution in [0, 0.1) is 186 Å². The van der Waals surface area contributed by atoms with E-state index in [-0.39, 0.29) is 105 Å². The van der Waals surface area contributed by atoms with E-state index in [1.807, 2.05) is 0 Å². The monoisotopic (exact) mass is 1350 g/mol. The third-order valence-corrected chi connectivity index (χ3v) is 20.5. The summed E-state index contributed by atoms with van der Waals surface area (Å²) in [6.07, 6.45) is 45.6. The fourth-order valence-corrected chi connectivity index (χ4v) is 16.0. The minimum absolute atomic E-state index is 0. The summed E-state index contributed by atoms with van der Waals surface area (Å²) in [6.45, 7) is 67.3. The molecule has 0 spiro atoms. The molecule has 0 saturated heterocycles. The van der Waals surface area contributed by atoms with Crippen molar-refractivity contribution in [3.63, 3.8) is 0 Å². The smallest absolute Gasteiger partial charge is 0.490 e. The van der Waals surface area contributed by atoms with E-state index in [4.69, 9.17) is 0 Å². The van der Waals surface area contributed by atoms with Gasteiger partial charge in [0.2, 0.25) is 0 Å². The topological polar surface area (TPSA) is 0 Å². The fourth-order valence-electron chi connectivity index (χ4n) is 16.0. The summed E-state index contributed by atoms with van der Waals surface area (Å²) in [4.78, 5) is 0. The van der Waals surface area contributed by atoms with Crippen LogP contribution in [0.2, 0.25) is 0 Å². The van der Waals surface area contributed by atoms with Crippen molar-refractivity contribution in [2.45, 2.75) is 225 Å². The second kappa shape index (κ2) is 52.5. The first-order chi connectivity index (χ1) is 35.8. The Kier molecular flexibility index (Phi) is 60.8. The molecule has 20 unspecified atom stereocenters. The Morgan fingerprint density at radius 1 is 0.537 bits per heavy atom. The zero-order chi connectivity index (χ0) is 56.1. The minimum Gasteiger partial charge on any atom is -0.490 e. The van der Waals surface area contributed by atoms with Gasteiger partial charge in [0.1, 0.15) is 0 Å². The molecule has 9 aliphatic carbocycles. The first-order valence-corrected chi connectivity index (χ1v) is 31.6. The molecule has 0 aromatic rings. The van der Waals surface area contributed by atoms with E-state index < -0.39 is 0 Å². The van der Waals surface area contributed by atoms with Crippen molar-refractivity contribution in [2.75, 3.05) is 0 Å². The van der Waals surface area contributed by atoms with Crippen LogP contribution in [-0.2, 0) is 97.4 Å². The molecule has 0 amide bonds. The van der Waals surface area contributed by atoms with E-state index in [1.54, 1.807) is 44.4 Å². The van der Waals surface area contributed by atoms with Crippen LogP contribution in [0.15, 0.2) is 66.8 Å². The van der Waals surface area contributed by atoms with Crippen molar-refractivity contribution in [1.82, 2.24) is 0 Å². The third kappa shape index (κ3) is 27.1. The number of allylic oxidation sites excluding steroid dienone is 9. The van der Waals surface area contributed by atoms with Gasteiger partial charge < -0.3 is 67.9 Å². The van der Waals surface area contributed by atoms with Crippen molar-refractivity contribution in [1.29, 1.82) is 0 Å². The average Bonchev–Trinajstić information content (AvgIpc) is 4.36. The Morgan fingerprint density at radius 2 is 1.00 bits per heavy atom. The van der Waals surface area contributed by atoms with Crippen molar-refractivity contribution in [3.05, 3.63) is 135 Å². The number of rotatable bonds is 11. The first kappa shape index (κ1) is 92.7. The molecule has 0 radical (unpaired) electrons. The molecule has 8 saturated carbocycles. The molecule has 0 aliphatic heterocycles. The molecule has 0 aromatic heterocycles. The van der Waals surface area contributed by atoms with Crippen molar-refractivity contribution in [3.8, 4) is 0 Å². The predicted molar refractivity (Wildman–Crippen MR) is 342 cm³/mol. The van der Waals surface area contributed by atoms with E-state index in [2.05, 4.69) is 173 Å². The van der Waals surface area contributed by atoms with Gasteiger partial charge in [-0.2, -0.15) is 63.2 Å². The quantitative estimate of drug-likeness (QED) is 0.110. The average molecular weight is 1360 g/mol. The van der Waals surface area contributed by atoms with Gasteiger partial charge in [-0.3, -0.25) is 5.57 Å². The van der Waals surface area contributed by atoms with Gasteiger partial charge in [-0.25, -0.2) is 0 Å². The third-order valence-electron chi connectivity index (χ3n) is 20.5. The SMILES string of the molecule is C.C/C=C1\CC2CC1[C-]=C2CC.C/C=C1\CC2CC1[CH-]C2CC.C=CC1CCC(C=C)C(C=C)C1.[CH2-]C.[CH2-]C.[CH2-]C.[CH2-]C.[CH2-]C(CC)C1CCC2C(CC)CC([CH2-])C2C1.[CH2-]C(CC)C1CCC2C(CC)CC([CH2-])C2C1.[Zn+2].[Zn+2].[Zn+2].[Zn+2].[Zn+2]. The maximum Gasteiger partial charge on any atom is 2.00 e. The molecule has 80 heavy (non-hydrogen) atoms. The molecule has 9 aliphatic rings. The van der Waals surface area contributed by atoms with Gasteiger partial charge >= 0.3 is 97.4 Å². The van der Waals surface area contributed by atoms with Gasteiger partial charge in [0.15, 0.2) is 0 Å². The second-order valence-electron chi connectivity index (χ2n) is 23.6. The van der Waals surface area contributed by atoms with E-state index >= 15 is 0 Å². The van der Waals surface area contributed by atoms with Crippen LogP contribution >= 0.6 is 0 Å². The molecule has 440 valence electrons. The van der Waals surface area contributed by atoms with E-state index in [0.29, 0.717) is 35.5 Å². The minimum atomic E-state index is 0. The molecule has 8 fully saturated rings. The summed E-state index contributed by atoms with van der Waals surface area (Å²) < 4.78 is 0. The van der Waals surface area contributed by atoms with Gasteiger partial charge in [-0.1, -0.05) is 210 Å². The van der Waals surface area contributed by atoms with Crippen LogP contribution in [0.25, 0.3) is 0 Å². The van der Waals surface area contributed by atoms with Crippen LogP contribution in [0.5, 0.6) is 0 Å². The summed E-state index contributed by atoms with van der Waals surface area (Å²) >= 11 is 0. The zero-order valence-corrected chi connectivity index (χ0v) is 70.0. The first-order valence-electron chi connectivity index (χ1n) is 31.6. The molecule has 0 N–H and O–H groups in total. The second-order valence-corrected chi connectivity index (χ2v) is 23.6. The Balaban J connectivity index is -0.000000205. The van der Waals surface area contributed by atoms with Gasteiger partial charge in [-0.15, -0.1) is 31.2 Å². The van der Waals surface area contributed by atoms with Crippen LogP contribution in [0.3, 0.4) is 0 Å². The molecular formula is C75H130Zn5. The van der Waals surface area contributed by atoms with E-state index in [1.165, 1.54) is 135 Å². The summed E-state index contributed by atoms with van der Waals surface area (Å²) in [7, 11) is 0. The van der Waals surface area contributed by atoms with Crippen molar-refractivity contribution < 1.29 is 97.4 Å². The summed E-state index contributed by atoms with van der Waals surface area (Å²) in [5.41, 5.74) is 4.94. The van der Waals surface area contributed by atoms with Gasteiger partial charge in [0.25, 0.3) is 0 Å². The summed E-state index contributed by atoms with van der Waals surface area (Å²) in [5, 5.41) is 0. The van der Waals surface area contributed by atoms with E-state index in [0.717, 1.165) is 82.9 Å². The van der Waals surface area contributed by atoms with Crippen LogP contribution in [-0.4, -0.2) is 0 Å². The largest absolute Gasteiger partial charge is 2.00 e. The Labute approximate surface area is 570 Å². The molecular weight excluding hydrogens is 1230 g/mol. The zero-order valence-electron chi connectivity index (χ0n) is 55.2. The Hall–Kier alpha value is 1.56. The maximum atomic E-state index is 4.42. The molecule has 20 atom stereocenters. The molecule has 9 rings (SSSR count). The van der Waals surface area contributed by atoms with Crippen LogP contribution in [0.4, 0.5) is 0 Å². The Bertz CT molecular complexity index is 1530. The molecule has 5 heteroatoms. The summed E-state index contributed by atoms with van der Waals surface area (Å²) in [5.74, 6) is 16.9. The van der Waals surface area contributed by atoms with E-state index in [9.17, 15) is 0 Å². The standard InChI is InChI=1S/2C16H28.C12H18.C11H17.C11H15.4C2H5.CH4.5Zn/c2*1-5-11(3)14-7-8-15-13(6-2)9-12(4)16(15)10-14;1-4-10-7-8-11(5-2)12(6-3)9-10;2*1-3-8-5-11-7-10(8)6-9(11)4-2;4*1-2;;;;;;/h2*11-16H,3-10H2,1-2H3;4-6,10-12H,1-3,7-9H2;3,6,9-11H,4-5,7H2,1-2H3;3,10-11H,4-5,7H2,1-2H3;4*1H2,2H3;1H4;;;;;/q2*-2;;6*-1;;5*+2/b;;;2*8-3+;;;;;;;;;;. The normalized spacial score (nSPS) is 35.3. The number of hydrogen-bond acceptors (Lipinski definition) is 0. The van der Waals surface area contributed by atoms with Crippen molar-refractivity contribution in [2.24, 2.45) is 118 Å². The molecule has 0 heterocycles. The van der Waals surface area contributed by atoms with Crippen LogP contribution < -0.4 is 0 Å². The van der Waals surface area contributed by atoms with Crippen LogP contribution in [0.1, 0.15) is 225 Å². The number of fused-ring (bicyclic) bond motifs is 6. The predicted octanol–water partition coefficient (Wildman–Crippen LogP) is 23.4. The molecule has 0 aromatic carbocycles. The van der Waals surface area contributed by atoms with Gasteiger partial charge in [0.05, 0.1) is 0 Å². The number of hydrogen-bond donors (Lipinski definition) is 0. The fraction of sp³-hybridized carbons (Fsp3) is 0.720. The maximum absolute atomic E-state index is 4.42. The summed E-state index contributed by atoms with van der Waals surface area (Å²) in [6, 6.07) is 0. The molecule has 0 nitrogen and oxygen atoms in total. The Morgan fingerprint density at radius 3 is 1.32 bits per heavy atom. The molecule has 4 bridgehead atoms.